The third-order valence-corrected chi connectivity index (χ3v) is 5.73. The van der Waals surface area contributed by atoms with Gasteiger partial charge in [0.05, 0.1) is 6.04 Å². The highest BCUT2D eigenvalue weighted by Crippen LogP contribution is 2.35. The van der Waals surface area contributed by atoms with E-state index in [1.54, 1.807) is 4.90 Å². The first-order valence-corrected chi connectivity index (χ1v) is 9.87. The van der Waals surface area contributed by atoms with Gasteiger partial charge in [0.15, 0.2) is 11.5 Å². The van der Waals surface area contributed by atoms with Crippen molar-refractivity contribution in [1.29, 1.82) is 0 Å². The second kappa shape index (κ2) is 7.66. The predicted octanol–water partition coefficient (Wildman–Crippen LogP) is 2.44. The van der Waals surface area contributed by atoms with Gasteiger partial charge in [-0.3, -0.25) is 4.79 Å². The number of carbonyl (C=O) groups excluding carboxylic acids is 2. The first-order valence-electron chi connectivity index (χ1n) is 9.87. The van der Waals surface area contributed by atoms with Gasteiger partial charge in [-0.25, -0.2) is 4.79 Å². The van der Waals surface area contributed by atoms with Crippen molar-refractivity contribution in [2.45, 2.75) is 51.1 Å². The summed E-state index contributed by atoms with van der Waals surface area (Å²) in [7, 11) is 0. The maximum atomic E-state index is 12.5. The lowest BCUT2D eigenvalue weighted by Crippen LogP contribution is -2.49. The number of nitrogens with zero attached hydrogens (tertiary/aromatic N) is 1. The Balaban J connectivity index is 1.35. The Hall–Kier alpha value is -2.44. The SMILES string of the molecule is CC1CCCCC1NC(=O)NC1CC(=O)N(c2ccc3c(c2)OCCO3)C1. The van der Waals surface area contributed by atoms with E-state index in [4.69, 9.17) is 9.47 Å². The molecule has 1 saturated heterocycles. The van der Waals surface area contributed by atoms with Crippen LogP contribution in [0.4, 0.5) is 10.5 Å². The minimum absolute atomic E-state index is 0.00279. The number of ether oxygens (including phenoxy) is 2. The Morgan fingerprint density at radius 2 is 1.89 bits per heavy atom. The summed E-state index contributed by atoms with van der Waals surface area (Å²) in [5.74, 6) is 1.87. The maximum absolute atomic E-state index is 12.5. The third-order valence-electron chi connectivity index (χ3n) is 5.73. The molecule has 27 heavy (non-hydrogen) atoms. The molecule has 1 aromatic rings. The molecule has 1 aromatic carbocycles. The summed E-state index contributed by atoms with van der Waals surface area (Å²) in [6, 6.07) is 5.38. The topological polar surface area (TPSA) is 79.9 Å². The molecule has 3 unspecified atom stereocenters. The van der Waals surface area contributed by atoms with Crippen LogP contribution in [0.1, 0.15) is 39.0 Å². The molecule has 3 aliphatic rings. The van der Waals surface area contributed by atoms with Crippen LogP contribution in [-0.4, -0.2) is 43.8 Å². The van der Waals surface area contributed by atoms with Crippen molar-refractivity contribution in [3.63, 3.8) is 0 Å². The summed E-state index contributed by atoms with van der Waals surface area (Å²) in [5, 5.41) is 6.06. The number of anilines is 1. The van der Waals surface area contributed by atoms with E-state index in [1.807, 2.05) is 18.2 Å². The number of carbonyl (C=O) groups is 2. The predicted molar refractivity (Wildman–Crippen MR) is 101 cm³/mol. The second-order valence-corrected chi connectivity index (χ2v) is 7.72. The molecule has 0 aromatic heterocycles. The van der Waals surface area contributed by atoms with Crippen LogP contribution in [-0.2, 0) is 4.79 Å². The molecule has 7 nitrogen and oxygen atoms in total. The van der Waals surface area contributed by atoms with E-state index >= 15 is 0 Å². The monoisotopic (exact) mass is 373 g/mol. The molecule has 1 saturated carbocycles. The molecule has 3 amide bonds. The summed E-state index contributed by atoms with van der Waals surface area (Å²) in [6.07, 6.45) is 4.89. The van der Waals surface area contributed by atoms with Crippen LogP contribution < -0.4 is 25.0 Å². The highest BCUT2D eigenvalue weighted by atomic mass is 16.6. The molecule has 2 aliphatic heterocycles. The zero-order valence-corrected chi connectivity index (χ0v) is 15.7. The third kappa shape index (κ3) is 3.96. The number of benzene rings is 1. The van der Waals surface area contributed by atoms with Crippen LogP contribution in [0.15, 0.2) is 18.2 Å². The molecule has 0 radical (unpaired) electrons. The lowest BCUT2D eigenvalue weighted by molar-refractivity contribution is -0.117. The molecule has 0 spiro atoms. The van der Waals surface area contributed by atoms with Gasteiger partial charge in [0.1, 0.15) is 13.2 Å². The quantitative estimate of drug-likeness (QED) is 0.853. The van der Waals surface area contributed by atoms with Crippen molar-refractivity contribution in [2.75, 3.05) is 24.7 Å². The summed E-state index contributed by atoms with van der Waals surface area (Å²) < 4.78 is 11.1. The van der Waals surface area contributed by atoms with E-state index in [1.165, 1.54) is 6.42 Å². The fraction of sp³-hybridized carbons (Fsp3) is 0.600. The standard InChI is InChI=1S/C20H27N3O4/c1-13-4-2-3-5-16(13)22-20(25)21-14-10-19(24)23(12-14)15-6-7-17-18(11-15)27-9-8-26-17/h6-7,11,13-14,16H,2-5,8-10,12H2,1H3,(H2,21,22,25). The lowest BCUT2D eigenvalue weighted by Gasteiger charge is -2.30. The molecule has 2 heterocycles. The summed E-state index contributed by atoms with van der Waals surface area (Å²) in [4.78, 5) is 26.5. The van der Waals surface area contributed by atoms with E-state index in [9.17, 15) is 9.59 Å². The van der Waals surface area contributed by atoms with Gasteiger partial charge in [-0.15, -0.1) is 0 Å². The smallest absolute Gasteiger partial charge is 0.315 e. The van der Waals surface area contributed by atoms with Crippen molar-refractivity contribution in [2.24, 2.45) is 5.92 Å². The zero-order chi connectivity index (χ0) is 18.8. The van der Waals surface area contributed by atoms with Gasteiger partial charge >= 0.3 is 6.03 Å². The number of nitrogens with one attached hydrogen (secondary N) is 2. The first-order chi connectivity index (χ1) is 13.1. The highest BCUT2D eigenvalue weighted by Gasteiger charge is 2.33. The van der Waals surface area contributed by atoms with Gasteiger partial charge in [0.2, 0.25) is 5.91 Å². The Morgan fingerprint density at radius 3 is 2.70 bits per heavy atom. The Labute approximate surface area is 159 Å². The molecule has 1 aliphatic carbocycles. The lowest BCUT2D eigenvalue weighted by atomic mass is 9.86. The van der Waals surface area contributed by atoms with Crippen LogP contribution in [0.5, 0.6) is 11.5 Å². The largest absolute Gasteiger partial charge is 0.486 e. The fourth-order valence-electron chi connectivity index (χ4n) is 4.18. The summed E-state index contributed by atoms with van der Waals surface area (Å²) >= 11 is 0. The molecular weight excluding hydrogens is 346 g/mol. The Morgan fingerprint density at radius 1 is 1.11 bits per heavy atom. The van der Waals surface area contributed by atoms with Crippen molar-refractivity contribution < 1.29 is 19.1 Å². The number of amides is 3. The first kappa shape index (κ1) is 17.9. The van der Waals surface area contributed by atoms with Crippen LogP contribution in [0, 0.1) is 5.92 Å². The average Bonchev–Trinajstić information content (AvgIpc) is 3.03. The summed E-state index contributed by atoms with van der Waals surface area (Å²) in [6.45, 7) is 3.70. The molecular formula is C20H27N3O4. The van der Waals surface area contributed by atoms with Gasteiger partial charge in [-0.05, 0) is 30.9 Å². The highest BCUT2D eigenvalue weighted by molar-refractivity contribution is 5.97. The molecule has 4 rings (SSSR count). The number of hydrogen-bond donors (Lipinski definition) is 2. The minimum atomic E-state index is -0.190. The summed E-state index contributed by atoms with van der Waals surface area (Å²) in [5.41, 5.74) is 0.773. The molecule has 146 valence electrons. The Kier molecular flexibility index (Phi) is 5.09. The van der Waals surface area contributed by atoms with E-state index in [0.717, 1.165) is 24.9 Å². The van der Waals surface area contributed by atoms with Crippen LogP contribution in [0.2, 0.25) is 0 Å². The molecule has 2 fully saturated rings. The maximum Gasteiger partial charge on any atom is 0.315 e. The number of rotatable bonds is 3. The second-order valence-electron chi connectivity index (χ2n) is 7.72. The van der Waals surface area contributed by atoms with Gasteiger partial charge in [0.25, 0.3) is 0 Å². The van der Waals surface area contributed by atoms with Crippen molar-refractivity contribution in [3.05, 3.63) is 18.2 Å². The minimum Gasteiger partial charge on any atom is -0.486 e. The van der Waals surface area contributed by atoms with Crippen LogP contribution in [0.25, 0.3) is 0 Å². The van der Waals surface area contributed by atoms with Crippen LogP contribution in [0.3, 0.4) is 0 Å². The van der Waals surface area contributed by atoms with Crippen LogP contribution >= 0.6 is 0 Å². The van der Waals surface area contributed by atoms with Crippen molar-refractivity contribution >= 4 is 17.6 Å². The number of fused-ring (bicyclic) bond motifs is 1. The van der Waals surface area contributed by atoms with E-state index < -0.39 is 0 Å². The van der Waals surface area contributed by atoms with E-state index in [2.05, 4.69) is 17.6 Å². The van der Waals surface area contributed by atoms with E-state index in [-0.39, 0.29) is 24.0 Å². The zero-order valence-electron chi connectivity index (χ0n) is 15.7. The number of hydrogen-bond acceptors (Lipinski definition) is 4. The molecule has 0 bridgehead atoms. The van der Waals surface area contributed by atoms with Crippen molar-refractivity contribution in [1.82, 2.24) is 10.6 Å². The average molecular weight is 373 g/mol. The molecule has 3 atom stereocenters. The van der Waals surface area contributed by atoms with Gasteiger partial charge < -0.3 is 25.0 Å². The Bertz CT molecular complexity index is 723. The fourth-order valence-corrected chi connectivity index (χ4v) is 4.18. The van der Waals surface area contributed by atoms with Gasteiger partial charge in [-0.2, -0.15) is 0 Å². The van der Waals surface area contributed by atoms with Crippen molar-refractivity contribution in [3.8, 4) is 11.5 Å². The normalized spacial score (nSPS) is 27.4. The molecule has 7 heteroatoms. The molecule has 2 N–H and O–H groups in total. The van der Waals surface area contributed by atoms with Gasteiger partial charge in [0, 0.05) is 30.8 Å². The van der Waals surface area contributed by atoms with Gasteiger partial charge in [-0.1, -0.05) is 19.8 Å². The van der Waals surface area contributed by atoms with E-state index in [0.29, 0.717) is 43.6 Å². The number of urea groups is 1.